The van der Waals surface area contributed by atoms with Crippen LogP contribution in [0.3, 0.4) is 0 Å². The molecule has 0 aliphatic rings. The molecule has 6 heteroatoms. The average Bonchev–Trinajstić information content (AvgIpc) is 3.43. The molecule has 0 bridgehead atoms. The van der Waals surface area contributed by atoms with Crippen molar-refractivity contribution in [1.29, 1.82) is 0 Å². The maximum Gasteiger partial charge on any atom is 0.227 e. The van der Waals surface area contributed by atoms with Gasteiger partial charge in [-0.05, 0) is 40.6 Å². The zero-order chi connectivity index (χ0) is 18.8. The summed E-state index contributed by atoms with van der Waals surface area (Å²) in [6.45, 7) is 0. The highest BCUT2D eigenvalue weighted by molar-refractivity contribution is 5.77. The number of rotatable bonds is 4. The molecule has 2 heterocycles. The Balaban J connectivity index is 1.33. The fourth-order valence-electron chi connectivity index (χ4n) is 2.95. The molecule has 0 aliphatic heterocycles. The van der Waals surface area contributed by atoms with Crippen LogP contribution in [-0.2, 0) is 0 Å². The third kappa shape index (κ3) is 3.19. The lowest BCUT2D eigenvalue weighted by atomic mass is 10.1. The van der Waals surface area contributed by atoms with Gasteiger partial charge >= 0.3 is 0 Å². The molecular weight excluding hydrogens is 350 g/mol. The van der Waals surface area contributed by atoms with Gasteiger partial charge in [0.05, 0.1) is 0 Å². The van der Waals surface area contributed by atoms with E-state index in [4.69, 9.17) is 4.42 Å². The molecule has 5 rings (SSSR count). The molecule has 5 aromatic rings. The maximum atomic E-state index is 5.82. The van der Waals surface area contributed by atoms with E-state index in [0.29, 0.717) is 11.7 Å². The average molecular weight is 365 g/mol. The van der Waals surface area contributed by atoms with E-state index in [1.807, 2.05) is 72.8 Å². The third-order valence-electron chi connectivity index (χ3n) is 4.43. The van der Waals surface area contributed by atoms with Gasteiger partial charge in [0.15, 0.2) is 5.58 Å². The van der Waals surface area contributed by atoms with E-state index in [2.05, 4.69) is 37.8 Å². The van der Waals surface area contributed by atoms with Gasteiger partial charge in [-0.2, -0.15) is 5.21 Å². The predicted octanol–water partition coefficient (Wildman–Crippen LogP) is 4.85. The van der Waals surface area contributed by atoms with Crippen LogP contribution in [-0.4, -0.2) is 25.6 Å². The summed E-state index contributed by atoms with van der Waals surface area (Å²) in [5.41, 5.74) is 5.74. The summed E-state index contributed by atoms with van der Waals surface area (Å²) in [5, 5.41) is 14.0. The number of aromatic nitrogens is 5. The van der Waals surface area contributed by atoms with Crippen molar-refractivity contribution in [3.63, 3.8) is 0 Å². The van der Waals surface area contributed by atoms with E-state index < -0.39 is 0 Å². The number of hydrogen-bond donors (Lipinski definition) is 1. The molecule has 1 N–H and O–H groups in total. The van der Waals surface area contributed by atoms with E-state index in [9.17, 15) is 0 Å². The van der Waals surface area contributed by atoms with E-state index in [0.717, 1.165) is 33.4 Å². The van der Waals surface area contributed by atoms with E-state index >= 15 is 0 Å². The molecule has 3 aromatic carbocycles. The van der Waals surface area contributed by atoms with Gasteiger partial charge in [-0.15, -0.1) is 10.2 Å². The van der Waals surface area contributed by atoms with Crippen LogP contribution in [0.15, 0.2) is 77.2 Å². The van der Waals surface area contributed by atoms with Crippen molar-refractivity contribution in [2.45, 2.75) is 0 Å². The molecule has 0 unspecified atom stereocenters. The number of nitrogens with one attached hydrogen (secondary N) is 1. The number of oxazole rings is 1. The number of tetrazole rings is 1. The van der Waals surface area contributed by atoms with Crippen LogP contribution in [0.4, 0.5) is 0 Å². The van der Waals surface area contributed by atoms with Crippen molar-refractivity contribution >= 4 is 23.3 Å². The Kier molecular flexibility index (Phi) is 3.99. The first-order valence-electron chi connectivity index (χ1n) is 8.83. The second-order valence-electron chi connectivity index (χ2n) is 6.30. The van der Waals surface area contributed by atoms with E-state index in [1.165, 1.54) is 0 Å². The Morgan fingerprint density at radius 1 is 0.750 bits per heavy atom. The van der Waals surface area contributed by atoms with Crippen LogP contribution in [0.5, 0.6) is 0 Å². The first kappa shape index (κ1) is 16.1. The highest BCUT2D eigenvalue weighted by atomic mass is 16.3. The van der Waals surface area contributed by atoms with Crippen LogP contribution in [0.1, 0.15) is 11.1 Å². The zero-order valence-corrected chi connectivity index (χ0v) is 14.8. The number of benzene rings is 3. The van der Waals surface area contributed by atoms with Crippen LogP contribution in [0.2, 0.25) is 0 Å². The second kappa shape index (κ2) is 6.92. The Labute approximate surface area is 160 Å². The van der Waals surface area contributed by atoms with Crippen molar-refractivity contribution < 1.29 is 4.42 Å². The molecule has 0 saturated carbocycles. The number of fused-ring (bicyclic) bond motifs is 1. The van der Waals surface area contributed by atoms with Crippen LogP contribution < -0.4 is 0 Å². The number of hydrogen-bond acceptors (Lipinski definition) is 5. The van der Waals surface area contributed by atoms with Gasteiger partial charge in [-0.25, -0.2) is 4.98 Å². The van der Waals surface area contributed by atoms with Gasteiger partial charge in [0, 0.05) is 11.1 Å². The highest BCUT2D eigenvalue weighted by Gasteiger charge is 2.07. The summed E-state index contributed by atoms with van der Waals surface area (Å²) in [7, 11) is 0. The summed E-state index contributed by atoms with van der Waals surface area (Å²) >= 11 is 0. The molecule has 0 amide bonds. The molecule has 0 spiro atoms. The number of aromatic amines is 1. The Bertz CT molecular complexity index is 1200. The van der Waals surface area contributed by atoms with Crippen LogP contribution in [0, 0.1) is 0 Å². The molecule has 0 radical (unpaired) electrons. The van der Waals surface area contributed by atoms with E-state index in [-0.39, 0.29) is 0 Å². The standard InChI is InChI=1S/C22H15N5O/c1-2-4-20-19(3-1)23-22(28-20)18-13-9-16(10-14-18)6-5-15-7-11-17(12-8-15)21-24-26-27-25-21/h1-14H,(H,24,25,26,27). The third-order valence-corrected chi connectivity index (χ3v) is 4.43. The molecule has 6 nitrogen and oxygen atoms in total. The lowest BCUT2D eigenvalue weighted by Crippen LogP contribution is -1.81. The van der Waals surface area contributed by atoms with Crippen molar-refractivity contribution in [3.05, 3.63) is 83.9 Å². The lowest BCUT2D eigenvalue weighted by molar-refractivity contribution is 0.620. The molecule has 0 aliphatic carbocycles. The minimum absolute atomic E-state index is 0.588. The first-order valence-corrected chi connectivity index (χ1v) is 8.83. The van der Waals surface area contributed by atoms with Gasteiger partial charge in [0.1, 0.15) is 5.52 Å². The monoisotopic (exact) mass is 365 g/mol. The van der Waals surface area contributed by atoms with Crippen molar-refractivity contribution in [1.82, 2.24) is 25.6 Å². The predicted molar refractivity (Wildman–Crippen MR) is 108 cm³/mol. The molecule has 134 valence electrons. The smallest absolute Gasteiger partial charge is 0.227 e. The fourth-order valence-corrected chi connectivity index (χ4v) is 2.95. The molecule has 0 atom stereocenters. The number of nitrogens with zero attached hydrogens (tertiary/aromatic N) is 4. The summed E-state index contributed by atoms with van der Waals surface area (Å²) in [6.07, 6.45) is 4.13. The number of para-hydroxylation sites is 2. The van der Waals surface area contributed by atoms with Crippen molar-refractivity contribution in [3.8, 4) is 22.8 Å². The second-order valence-corrected chi connectivity index (χ2v) is 6.30. The minimum atomic E-state index is 0.588. The van der Waals surface area contributed by atoms with Gasteiger partial charge in [-0.3, -0.25) is 0 Å². The van der Waals surface area contributed by atoms with Gasteiger partial charge < -0.3 is 4.42 Å². The molecular formula is C22H15N5O. The largest absolute Gasteiger partial charge is 0.436 e. The van der Waals surface area contributed by atoms with Gasteiger partial charge in [-0.1, -0.05) is 60.7 Å². The van der Waals surface area contributed by atoms with Gasteiger partial charge in [0.2, 0.25) is 11.7 Å². The van der Waals surface area contributed by atoms with Crippen molar-refractivity contribution in [2.24, 2.45) is 0 Å². The molecule has 2 aromatic heterocycles. The highest BCUT2D eigenvalue weighted by Crippen LogP contribution is 2.24. The number of H-pyrrole nitrogens is 1. The van der Waals surface area contributed by atoms with Gasteiger partial charge in [0.25, 0.3) is 0 Å². The summed E-state index contributed by atoms with van der Waals surface area (Å²) < 4.78 is 5.82. The quantitative estimate of drug-likeness (QED) is 0.461. The molecule has 0 fully saturated rings. The minimum Gasteiger partial charge on any atom is -0.436 e. The lowest BCUT2D eigenvalue weighted by Gasteiger charge is -1.99. The summed E-state index contributed by atoms with van der Waals surface area (Å²) in [6, 6.07) is 23.9. The first-order chi connectivity index (χ1) is 13.8. The Hall–Kier alpha value is -4.06. The fraction of sp³-hybridized carbons (Fsp3) is 0. The summed E-state index contributed by atoms with van der Waals surface area (Å²) in [5.74, 6) is 1.22. The van der Waals surface area contributed by atoms with Crippen molar-refractivity contribution in [2.75, 3.05) is 0 Å². The summed E-state index contributed by atoms with van der Waals surface area (Å²) in [4.78, 5) is 4.53. The van der Waals surface area contributed by atoms with Crippen LogP contribution >= 0.6 is 0 Å². The SMILES string of the molecule is C(=Cc1ccc(-c2nc3ccccc3o2)cc1)c1ccc(-c2nn[nH]n2)cc1. The zero-order valence-electron chi connectivity index (χ0n) is 14.8. The molecule has 28 heavy (non-hydrogen) atoms. The topological polar surface area (TPSA) is 80.5 Å². The van der Waals surface area contributed by atoms with Crippen LogP contribution in [0.25, 0.3) is 46.1 Å². The Morgan fingerprint density at radius 2 is 1.43 bits per heavy atom. The molecule has 0 saturated heterocycles. The maximum absolute atomic E-state index is 5.82. The normalized spacial score (nSPS) is 11.4. The van der Waals surface area contributed by atoms with E-state index in [1.54, 1.807) is 0 Å². The Morgan fingerprint density at radius 3 is 2.07 bits per heavy atom.